The van der Waals surface area contributed by atoms with E-state index in [1.165, 1.54) is 37.1 Å². The number of hydrogen-bond acceptors (Lipinski definition) is 4. The largest absolute Gasteiger partial charge is 0.217 e. The highest BCUT2D eigenvalue weighted by Crippen LogP contribution is 2.20. The Morgan fingerprint density at radius 2 is 2.10 bits per heavy atom. The first kappa shape index (κ1) is 15.9. The molecule has 0 saturated heterocycles. The molecular formula is C12H14ClFN4O2S. The van der Waals surface area contributed by atoms with Crippen LogP contribution in [0.1, 0.15) is 5.69 Å². The molecule has 0 aliphatic heterocycles. The van der Waals surface area contributed by atoms with Crippen LogP contribution in [0.4, 0.5) is 4.39 Å². The van der Waals surface area contributed by atoms with Gasteiger partial charge in [-0.05, 0) is 12.1 Å². The van der Waals surface area contributed by atoms with Crippen molar-refractivity contribution in [2.75, 3.05) is 19.8 Å². The van der Waals surface area contributed by atoms with Gasteiger partial charge in [-0.15, -0.1) is 5.10 Å². The van der Waals surface area contributed by atoms with E-state index in [0.29, 0.717) is 5.69 Å². The maximum absolute atomic E-state index is 13.9. The molecule has 0 spiro atoms. The van der Waals surface area contributed by atoms with Gasteiger partial charge < -0.3 is 0 Å². The summed E-state index contributed by atoms with van der Waals surface area (Å²) in [4.78, 5) is 0. The minimum atomic E-state index is -3.31. The van der Waals surface area contributed by atoms with Crippen molar-refractivity contribution in [3.63, 3.8) is 0 Å². The number of halogens is 2. The lowest BCUT2D eigenvalue weighted by molar-refractivity contribution is 0.520. The fourth-order valence-electron chi connectivity index (χ4n) is 1.62. The summed E-state index contributed by atoms with van der Waals surface area (Å²) in [6, 6.07) is 4.54. The van der Waals surface area contributed by atoms with Crippen molar-refractivity contribution < 1.29 is 12.8 Å². The molecule has 1 heterocycles. The first-order valence-electron chi connectivity index (χ1n) is 6.07. The van der Waals surface area contributed by atoms with Crippen molar-refractivity contribution in [1.82, 2.24) is 19.3 Å². The van der Waals surface area contributed by atoms with Gasteiger partial charge in [0.1, 0.15) is 5.69 Å². The van der Waals surface area contributed by atoms with E-state index < -0.39 is 15.8 Å². The second kappa shape index (κ2) is 6.08. The van der Waals surface area contributed by atoms with Crippen LogP contribution in [-0.2, 0) is 16.4 Å². The zero-order valence-corrected chi connectivity index (χ0v) is 13.1. The highest BCUT2D eigenvalue weighted by atomic mass is 35.5. The summed E-state index contributed by atoms with van der Waals surface area (Å²) in [6.07, 6.45) is 1.68. The van der Waals surface area contributed by atoms with E-state index in [1.54, 1.807) is 6.07 Å². The van der Waals surface area contributed by atoms with Crippen LogP contribution < -0.4 is 0 Å². The number of nitrogens with zero attached hydrogens (tertiary/aromatic N) is 4. The molecule has 0 atom stereocenters. The maximum atomic E-state index is 13.9. The van der Waals surface area contributed by atoms with E-state index >= 15 is 0 Å². The Morgan fingerprint density at radius 1 is 1.38 bits per heavy atom. The van der Waals surface area contributed by atoms with Crippen molar-refractivity contribution in [1.29, 1.82) is 0 Å². The van der Waals surface area contributed by atoms with Crippen LogP contribution in [0.3, 0.4) is 0 Å². The van der Waals surface area contributed by atoms with Gasteiger partial charge in [0, 0.05) is 20.5 Å². The Balaban J connectivity index is 2.17. The highest BCUT2D eigenvalue weighted by Gasteiger charge is 2.16. The third kappa shape index (κ3) is 3.58. The van der Waals surface area contributed by atoms with E-state index in [2.05, 4.69) is 10.3 Å². The maximum Gasteiger partial charge on any atom is 0.213 e. The van der Waals surface area contributed by atoms with Gasteiger partial charge in [-0.2, -0.15) is 0 Å². The van der Waals surface area contributed by atoms with Gasteiger partial charge >= 0.3 is 0 Å². The van der Waals surface area contributed by atoms with Crippen molar-refractivity contribution in [3.05, 3.63) is 40.9 Å². The lowest BCUT2D eigenvalue weighted by Crippen LogP contribution is -2.26. The molecule has 0 radical (unpaired) electrons. The van der Waals surface area contributed by atoms with Crippen molar-refractivity contribution in [3.8, 4) is 5.69 Å². The second-order valence-corrected chi connectivity index (χ2v) is 7.29. The number of rotatable bonds is 5. The fourth-order valence-corrected chi connectivity index (χ4v) is 2.62. The van der Waals surface area contributed by atoms with Gasteiger partial charge in [-0.1, -0.05) is 22.9 Å². The van der Waals surface area contributed by atoms with Crippen LogP contribution >= 0.6 is 11.6 Å². The van der Waals surface area contributed by atoms with Crippen LogP contribution in [0.25, 0.3) is 5.69 Å². The standard InChI is InChI=1S/C12H14ClFN4O2S/c1-17(2)21(19,20)7-6-9-8-18(16-15-9)11-5-3-4-10(13)12(11)14/h3-5,8H,6-7H2,1-2H3. The van der Waals surface area contributed by atoms with Crippen molar-refractivity contribution in [2.24, 2.45) is 0 Å². The Morgan fingerprint density at radius 3 is 2.76 bits per heavy atom. The van der Waals surface area contributed by atoms with Gasteiger partial charge in [-0.3, -0.25) is 0 Å². The summed E-state index contributed by atoms with van der Waals surface area (Å²) in [6.45, 7) is 0. The van der Waals surface area contributed by atoms with Crippen molar-refractivity contribution in [2.45, 2.75) is 6.42 Å². The van der Waals surface area contributed by atoms with E-state index in [1.807, 2.05) is 0 Å². The molecule has 0 saturated carbocycles. The zero-order valence-electron chi connectivity index (χ0n) is 11.5. The number of benzene rings is 1. The molecule has 0 unspecified atom stereocenters. The SMILES string of the molecule is CN(C)S(=O)(=O)CCc1cn(-c2cccc(Cl)c2F)nn1. The molecule has 2 rings (SSSR count). The smallest absolute Gasteiger partial charge is 0.213 e. The lowest BCUT2D eigenvalue weighted by Gasteiger charge is -2.09. The molecule has 1 aromatic carbocycles. The molecule has 2 aromatic rings. The molecule has 21 heavy (non-hydrogen) atoms. The number of hydrogen-bond donors (Lipinski definition) is 0. The molecule has 0 aliphatic rings. The minimum absolute atomic E-state index is 0.0141. The quantitative estimate of drug-likeness (QED) is 0.832. The summed E-state index contributed by atoms with van der Waals surface area (Å²) in [7, 11) is -0.374. The predicted molar refractivity (Wildman–Crippen MR) is 77.5 cm³/mol. The van der Waals surface area contributed by atoms with Crippen LogP contribution in [0.2, 0.25) is 5.02 Å². The Kier molecular flexibility index (Phi) is 4.60. The van der Waals surface area contributed by atoms with E-state index in [9.17, 15) is 12.8 Å². The average molecular weight is 333 g/mol. The van der Waals surface area contributed by atoms with Gasteiger partial charge in [0.25, 0.3) is 0 Å². The molecule has 0 N–H and O–H groups in total. The predicted octanol–water partition coefficient (Wildman–Crippen LogP) is 1.49. The van der Waals surface area contributed by atoms with E-state index in [-0.39, 0.29) is 22.9 Å². The Bertz CT molecular complexity index is 745. The van der Waals surface area contributed by atoms with Crippen LogP contribution in [-0.4, -0.2) is 47.6 Å². The first-order chi connectivity index (χ1) is 9.81. The number of aryl methyl sites for hydroxylation is 1. The van der Waals surface area contributed by atoms with E-state index in [4.69, 9.17) is 11.6 Å². The highest BCUT2D eigenvalue weighted by molar-refractivity contribution is 7.89. The Hall–Kier alpha value is -1.51. The summed E-state index contributed by atoms with van der Waals surface area (Å²) in [5, 5.41) is 7.63. The molecule has 0 amide bonds. The molecule has 0 fully saturated rings. The third-order valence-corrected chi connectivity index (χ3v) is 5.02. The lowest BCUT2D eigenvalue weighted by atomic mass is 10.3. The van der Waals surface area contributed by atoms with E-state index in [0.717, 1.165) is 4.31 Å². The first-order valence-corrected chi connectivity index (χ1v) is 8.06. The zero-order chi connectivity index (χ0) is 15.6. The summed E-state index contributed by atoms with van der Waals surface area (Å²) >= 11 is 5.71. The molecule has 114 valence electrons. The number of aromatic nitrogens is 3. The summed E-state index contributed by atoms with van der Waals surface area (Å²) in [5.41, 5.74) is 0.622. The topological polar surface area (TPSA) is 68.1 Å². The molecular weight excluding hydrogens is 319 g/mol. The molecule has 0 bridgehead atoms. The third-order valence-electron chi connectivity index (χ3n) is 2.89. The number of sulfonamides is 1. The minimum Gasteiger partial charge on any atom is -0.217 e. The molecule has 9 heteroatoms. The second-order valence-electron chi connectivity index (χ2n) is 4.58. The Labute approximate surface area is 127 Å². The van der Waals surface area contributed by atoms with Crippen LogP contribution in [0.5, 0.6) is 0 Å². The monoisotopic (exact) mass is 332 g/mol. The summed E-state index contributed by atoms with van der Waals surface area (Å²) < 4.78 is 39.6. The van der Waals surface area contributed by atoms with Gasteiger partial charge in [0.05, 0.1) is 22.7 Å². The average Bonchev–Trinajstić information content (AvgIpc) is 2.88. The van der Waals surface area contributed by atoms with Crippen LogP contribution in [0.15, 0.2) is 24.4 Å². The van der Waals surface area contributed by atoms with Gasteiger partial charge in [0.15, 0.2) is 5.82 Å². The normalized spacial score (nSPS) is 12.0. The molecule has 0 aliphatic carbocycles. The van der Waals surface area contributed by atoms with Crippen molar-refractivity contribution >= 4 is 21.6 Å². The van der Waals surface area contributed by atoms with Crippen LogP contribution in [0, 0.1) is 5.82 Å². The van der Waals surface area contributed by atoms with Gasteiger partial charge in [0.2, 0.25) is 10.0 Å². The molecule has 1 aromatic heterocycles. The summed E-state index contributed by atoms with van der Waals surface area (Å²) in [5.74, 6) is -0.687. The molecule has 6 nitrogen and oxygen atoms in total. The van der Waals surface area contributed by atoms with Gasteiger partial charge in [-0.25, -0.2) is 21.8 Å². The fraction of sp³-hybridized carbons (Fsp3) is 0.333.